The summed E-state index contributed by atoms with van der Waals surface area (Å²) in [6.45, 7) is 2.70. The predicted octanol–water partition coefficient (Wildman–Crippen LogP) is 1.95. The molecule has 1 aliphatic heterocycles. The van der Waals surface area contributed by atoms with Crippen molar-refractivity contribution in [2.75, 3.05) is 38.2 Å². The number of ether oxygens (including phenoxy) is 1. The third-order valence-corrected chi connectivity index (χ3v) is 5.75. The van der Waals surface area contributed by atoms with E-state index in [1.54, 1.807) is 0 Å². The van der Waals surface area contributed by atoms with Gasteiger partial charge in [0.2, 0.25) is 5.43 Å². The molecule has 0 radical (unpaired) electrons. The van der Waals surface area contributed by atoms with Crippen molar-refractivity contribution in [1.82, 2.24) is 14.9 Å². The van der Waals surface area contributed by atoms with Gasteiger partial charge in [-0.15, -0.1) is 0 Å². The number of methoxy groups -OCH3 is 1. The molecule has 0 bridgehead atoms. The van der Waals surface area contributed by atoms with Crippen LogP contribution >= 0.6 is 0 Å². The Morgan fingerprint density at radius 1 is 1.34 bits per heavy atom. The van der Waals surface area contributed by atoms with Gasteiger partial charge in [0.25, 0.3) is 0 Å². The molecule has 3 aromatic rings. The van der Waals surface area contributed by atoms with E-state index in [9.17, 15) is 15.2 Å². The third kappa shape index (κ3) is 2.49. The fraction of sp³-hybridized carbons (Fsp3) is 0.400. The van der Waals surface area contributed by atoms with Gasteiger partial charge in [-0.1, -0.05) is 0 Å². The molecule has 0 unspecified atom stereocenters. The molecule has 2 aromatic heterocycles. The topological polar surface area (TPSA) is 106 Å². The number of nitriles is 1. The molecule has 0 atom stereocenters. The molecule has 0 amide bonds. The van der Waals surface area contributed by atoms with Crippen LogP contribution in [0.3, 0.4) is 0 Å². The Kier molecular flexibility index (Phi) is 3.93. The van der Waals surface area contributed by atoms with Crippen LogP contribution in [0.15, 0.2) is 10.9 Å². The maximum absolute atomic E-state index is 15.2. The summed E-state index contributed by atoms with van der Waals surface area (Å²) in [7, 11) is 1.47. The van der Waals surface area contributed by atoms with Gasteiger partial charge in [0.05, 0.1) is 18.0 Å². The van der Waals surface area contributed by atoms with Crippen molar-refractivity contribution in [3.8, 4) is 17.6 Å². The maximum atomic E-state index is 15.2. The zero-order chi connectivity index (χ0) is 20.3. The standard InChI is InChI=1S/C20H20FN5O3/c1-29-19-15-11(8-12(21)16(19)25-6-4-23-5-7-25)17(27)14-18(28)13(9-22)24-20(14)26(15)10-2-3-10/h8,10,23-24,28H,2-7H2,1H3. The number of anilines is 1. The lowest BCUT2D eigenvalue weighted by Gasteiger charge is -2.31. The second kappa shape index (κ2) is 6.39. The average Bonchev–Trinajstić information content (AvgIpc) is 3.51. The minimum absolute atomic E-state index is 0.0114. The van der Waals surface area contributed by atoms with E-state index in [1.807, 2.05) is 15.5 Å². The number of aromatic nitrogens is 2. The van der Waals surface area contributed by atoms with Crippen LogP contribution in [-0.2, 0) is 0 Å². The highest BCUT2D eigenvalue weighted by atomic mass is 19.1. The molecular weight excluding hydrogens is 377 g/mol. The van der Waals surface area contributed by atoms with E-state index < -0.39 is 17.0 Å². The Labute approximate surface area is 165 Å². The van der Waals surface area contributed by atoms with Crippen LogP contribution in [0, 0.1) is 17.1 Å². The van der Waals surface area contributed by atoms with Crippen LogP contribution in [0.5, 0.6) is 11.5 Å². The molecule has 8 nitrogen and oxygen atoms in total. The highest BCUT2D eigenvalue weighted by molar-refractivity contribution is 6.01. The quantitative estimate of drug-likeness (QED) is 0.624. The Morgan fingerprint density at radius 3 is 2.69 bits per heavy atom. The minimum Gasteiger partial charge on any atom is -0.504 e. The Balaban J connectivity index is 1.95. The summed E-state index contributed by atoms with van der Waals surface area (Å²) < 4.78 is 22.8. The molecule has 3 N–H and O–H groups in total. The number of fused-ring (bicyclic) bond motifs is 2. The first-order chi connectivity index (χ1) is 14.1. The van der Waals surface area contributed by atoms with Crippen LogP contribution in [0.2, 0.25) is 0 Å². The molecule has 1 aromatic carbocycles. The summed E-state index contributed by atoms with van der Waals surface area (Å²) in [6.07, 6.45) is 1.77. The van der Waals surface area contributed by atoms with Gasteiger partial charge in [-0.05, 0) is 18.9 Å². The first-order valence-corrected chi connectivity index (χ1v) is 9.62. The molecule has 1 saturated carbocycles. The smallest absolute Gasteiger partial charge is 0.202 e. The van der Waals surface area contributed by atoms with Gasteiger partial charge in [-0.2, -0.15) is 5.26 Å². The molecule has 1 saturated heterocycles. The number of hydrogen-bond acceptors (Lipinski definition) is 6. The maximum Gasteiger partial charge on any atom is 0.202 e. The number of aromatic hydroxyl groups is 1. The van der Waals surface area contributed by atoms with E-state index in [1.165, 1.54) is 13.2 Å². The molecule has 2 aliphatic rings. The van der Waals surface area contributed by atoms with Crippen LogP contribution in [0.4, 0.5) is 10.1 Å². The predicted molar refractivity (Wildman–Crippen MR) is 106 cm³/mol. The normalized spacial score (nSPS) is 17.1. The largest absolute Gasteiger partial charge is 0.504 e. The van der Waals surface area contributed by atoms with Gasteiger partial charge in [-0.3, -0.25) is 4.79 Å². The zero-order valence-corrected chi connectivity index (χ0v) is 15.9. The van der Waals surface area contributed by atoms with Gasteiger partial charge >= 0.3 is 0 Å². The summed E-state index contributed by atoms with van der Waals surface area (Å²) in [5, 5.41) is 23.1. The summed E-state index contributed by atoms with van der Waals surface area (Å²) in [5.41, 5.74) is 0.601. The molecular formula is C20H20FN5O3. The van der Waals surface area contributed by atoms with Crippen molar-refractivity contribution in [3.05, 3.63) is 27.8 Å². The number of H-pyrrole nitrogens is 1. The van der Waals surface area contributed by atoms with Crippen LogP contribution < -0.4 is 20.4 Å². The third-order valence-electron chi connectivity index (χ3n) is 5.75. The summed E-state index contributed by atoms with van der Waals surface area (Å²) in [4.78, 5) is 18.0. The fourth-order valence-corrected chi connectivity index (χ4v) is 4.29. The van der Waals surface area contributed by atoms with E-state index in [0.717, 1.165) is 25.9 Å². The van der Waals surface area contributed by atoms with E-state index in [-0.39, 0.29) is 22.5 Å². The Bertz CT molecular complexity index is 1250. The Morgan fingerprint density at radius 2 is 2.07 bits per heavy atom. The van der Waals surface area contributed by atoms with Crippen molar-refractivity contribution in [2.45, 2.75) is 18.9 Å². The molecule has 9 heteroatoms. The number of pyridine rings is 1. The molecule has 2 fully saturated rings. The number of nitrogens with one attached hydrogen (secondary N) is 2. The zero-order valence-electron chi connectivity index (χ0n) is 15.9. The van der Waals surface area contributed by atoms with E-state index >= 15 is 4.39 Å². The number of aromatic amines is 1. The molecule has 0 spiro atoms. The van der Waals surface area contributed by atoms with Crippen LogP contribution in [0.1, 0.15) is 24.6 Å². The van der Waals surface area contributed by atoms with Gasteiger partial charge in [0, 0.05) is 32.2 Å². The van der Waals surface area contributed by atoms with Crippen molar-refractivity contribution in [3.63, 3.8) is 0 Å². The number of halogens is 1. The van der Waals surface area contributed by atoms with Crippen molar-refractivity contribution >= 4 is 27.6 Å². The number of nitrogens with zero attached hydrogens (tertiary/aromatic N) is 3. The lowest BCUT2D eigenvalue weighted by Crippen LogP contribution is -2.44. The van der Waals surface area contributed by atoms with E-state index in [4.69, 9.17) is 4.74 Å². The van der Waals surface area contributed by atoms with Gasteiger partial charge in [0.15, 0.2) is 23.0 Å². The SMILES string of the molecule is COc1c(N2CCNCC2)c(F)cc2c(=O)c3c(O)c(C#N)[nH]c3n(C3CC3)c12. The first-order valence-electron chi connectivity index (χ1n) is 9.62. The van der Waals surface area contributed by atoms with E-state index in [0.29, 0.717) is 35.7 Å². The average molecular weight is 397 g/mol. The molecule has 5 rings (SSSR count). The monoisotopic (exact) mass is 397 g/mol. The highest BCUT2D eigenvalue weighted by Gasteiger charge is 2.33. The second-order valence-electron chi connectivity index (χ2n) is 7.49. The number of benzene rings is 1. The number of piperazine rings is 1. The lowest BCUT2D eigenvalue weighted by atomic mass is 10.1. The Hall–Kier alpha value is -3.25. The van der Waals surface area contributed by atoms with Crippen molar-refractivity contribution in [1.29, 1.82) is 5.26 Å². The van der Waals surface area contributed by atoms with Gasteiger partial charge in [0.1, 0.15) is 22.8 Å². The van der Waals surface area contributed by atoms with Crippen LogP contribution in [0.25, 0.3) is 21.9 Å². The second-order valence-corrected chi connectivity index (χ2v) is 7.49. The number of rotatable bonds is 3. The lowest BCUT2D eigenvalue weighted by molar-refractivity contribution is 0.411. The van der Waals surface area contributed by atoms with Gasteiger partial charge < -0.3 is 29.6 Å². The molecule has 3 heterocycles. The molecule has 29 heavy (non-hydrogen) atoms. The van der Waals surface area contributed by atoms with Crippen LogP contribution in [-0.4, -0.2) is 47.9 Å². The highest BCUT2D eigenvalue weighted by Crippen LogP contribution is 2.46. The van der Waals surface area contributed by atoms with Gasteiger partial charge in [-0.25, -0.2) is 4.39 Å². The fourth-order valence-electron chi connectivity index (χ4n) is 4.29. The summed E-state index contributed by atoms with van der Waals surface area (Å²) in [5.74, 6) is -0.625. The van der Waals surface area contributed by atoms with Crippen molar-refractivity contribution in [2.24, 2.45) is 0 Å². The number of hydrogen-bond donors (Lipinski definition) is 3. The minimum atomic E-state index is -0.537. The summed E-state index contributed by atoms with van der Waals surface area (Å²) in [6, 6.07) is 3.19. The van der Waals surface area contributed by atoms with E-state index in [2.05, 4.69) is 10.3 Å². The molecule has 150 valence electrons. The summed E-state index contributed by atoms with van der Waals surface area (Å²) >= 11 is 0. The molecule has 1 aliphatic carbocycles. The first kappa shape index (κ1) is 17.8. The van der Waals surface area contributed by atoms with Crippen molar-refractivity contribution < 1.29 is 14.2 Å².